The first-order chi connectivity index (χ1) is 10.7. The van der Waals surface area contributed by atoms with E-state index in [1.807, 2.05) is 0 Å². The molecular formula is C16H8N2O4. The van der Waals surface area contributed by atoms with E-state index in [-0.39, 0.29) is 33.9 Å². The minimum atomic E-state index is -0.476. The Morgan fingerprint density at radius 2 is 1.73 bits per heavy atom. The number of pyridine rings is 1. The van der Waals surface area contributed by atoms with Crippen molar-refractivity contribution in [2.24, 2.45) is 0 Å². The van der Waals surface area contributed by atoms with E-state index >= 15 is 0 Å². The van der Waals surface area contributed by atoms with E-state index in [0.717, 1.165) is 0 Å². The third kappa shape index (κ3) is 1.54. The Balaban J connectivity index is 2.00. The normalized spacial score (nSPS) is 12.9. The van der Waals surface area contributed by atoms with E-state index in [4.69, 9.17) is 4.52 Å². The van der Waals surface area contributed by atoms with Crippen LogP contribution in [0, 0.1) is 0 Å². The number of hydrogen-bond donors (Lipinski definition) is 1. The van der Waals surface area contributed by atoms with Crippen LogP contribution in [0.3, 0.4) is 0 Å². The van der Waals surface area contributed by atoms with Crippen LogP contribution in [0.25, 0.3) is 11.3 Å². The molecule has 0 unspecified atom stereocenters. The van der Waals surface area contributed by atoms with Crippen LogP contribution in [-0.4, -0.2) is 26.8 Å². The van der Waals surface area contributed by atoms with Crippen molar-refractivity contribution in [1.82, 2.24) is 10.1 Å². The molecule has 3 aromatic rings. The third-order valence-electron chi connectivity index (χ3n) is 3.59. The van der Waals surface area contributed by atoms with Crippen LogP contribution in [0.15, 0.2) is 47.2 Å². The molecule has 1 aliphatic carbocycles. The number of phenols is 1. The second kappa shape index (κ2) is 4.36. The largest absolute Gasteiger partial charge is 0.507 e. The molecule has 2 aromatic heterocycles. The zero-order valence-electron chi connectivity index (χ0n) is 11.1. The molecule has 6 heteroatoms. The summed E-state index contributed by atoms with van der Waals surface area (Å²) < 4.78 is 5.10. The maximum Gasteiger partial charge on any atom is 0.232 e. The molecule has 4 rings (SSSR count). The maximum atomic E-state index is 12.7. The Kier molecular flexibility index (Phi) is 2.47. The highest BCUT2D eigenvalue weighted by Crippen LogP contribution is 2.36. The van der Waals surface area contributed by atoms with Crippen LogP contribution in [0.2, 0.25) is 0 Å². The number of nitrogens with zero attached hydrogens (tertiary/aromatic N) is 2. The van der Waals surface area contributed by atoms with Crippen LogP contribution >= 0.6 is 0 Å². The van der Waals surface area contributed by atoms with Crippen LogP contribution < -0.4 is 0 Å². The number of benzene rings is 1. The molecule has 1 N–H and O–H groups in total. The average molecular weight is 292 g/mol. The summed E-state index contributed by atoms with van der Waals surface area (Å²) in [4.78, 5) is 29.0. The Hall–Kier alpha value is -3.28. The number of fused-ring (bicyclic) bond motifs is 2. The fraction of sp³-hybridized carbons (Fsp3) is 0. The topological polar surface area (TPSA) is 93.3 Å². The van der Waals surface area contributed by atoms with Crippen molar-refractivity contribution in [3.63, 3.8) is 0 Å². The summed E-state index contributed by atoms with van der Waals surface area (Å²) in [5.41, 5.74) is 1.06. The number of phenolic OH excluding ortho intramolecular Hbond substituents is 1. The average Bonchev–Trinajstić information content (AvgIpc) is 2.99. The maximum absolute atomic E-state index is 12.7. The summed E-state index contributed by atoms with van der Waals surface area (Å²) in [6.45, 7) is 0. The number of aromatic nitrogens is 2. The molecule has 1 aliphatic rings. The van der Waals surface area contributed by atoms with Gasteiger partial charge in [-0.2, -0.15) is 0 Å². The minimum absolute atomic E-state index is 0.0153. The molecule has 106 valence electrons. The van der Waals surface area contributed by atoms with Gasteiger partial charge < -0.3 is 9.63 Å². The lowest BCUT2D eigenvalue weighted by atomic mass is 9.86. The molecule has 22 heavy (non-hydrogen) atoms. The van der Waals surface area contributed by atoms with E-state index in [1.165, 1.54) is 18.2 Å². The minimum Gasteiger partial charge on any atom is -0.507 e. The first-order valence-corrected chi connectivity index (χ1v) is 6.50. The fourth-order valence-corrected chi connectivity index (χ4v) is 2.58. The summed E-state index contributed by atoms with van der Waals surface area (Å²) in [5.74, 6) is -1.28. The number of carbonyl (C=O) groups is 2. The molecule has 6 nitrogen and oxygen atoms in total. The highest BCUT2D eigenvalue weighted by atomic mass is 16.5. The first kappa shape index (κ1) is 12.5. The van der Waals surface area contributed by atoms with Gasteiger partial charge in [-0.15, -0.1) is 0 Å². The van der Waals surface area contributed by atoms with Crippen molar-refractivity contribution in [1.29, 1.82) is 0 Å². The second-order valence-electron chi connectivity index (χ2n) is 4.83. The molecule has 0 radical (unpaired) electrons. The number of hydrogen-bond acceptors (Lipinski definition) is 6. The van der Waals surface area contributed by atoms with Gasteiger partial charge in [-0.3, -0.25) is 14.6 Å². The molecule has 0 fully saturated rings. The Bertz CT molecular complexity index is 929. The molecule has 1 aromatic carbocycles. The predicted molar refractivity (Wildman–Crippen MR) is 74.7 cm³/mol. The zero-order valence-corrected chi connectivity index (χ0v) is 11.1. The van der Waals surface area contributed by atoms with Crippen molar-refractivity contribution in [2.45, 2.75) is 0 Å². The van der Waals surface area contributed by atoms with Gasteiger partial charge in [-0.1, -0.05) is 11.2 Å². The first-order valence-electron chi connectivity index (χ1n) is 6.50. The summed E-state index contributed by atoms with van der Waals surface area (Å²) in [6, 6.07) is 7.68. The van der Waals surface area contributed by atoms with Crippen molar-refractivity contribution < 1.29 is 19.2 Å². The van der Waals surface area contributed by atoms with Gasteiger partial charge >= 0.3 is 0 Å². The van der Waals surface area contributed by atoms with Gasteiger partial charge in [0.25, 0.3) is 0 Å². The molecule has 0 atom stereocenters. The van der Waals surface area contributed by atoms with Crippen molar-refractivity contribution in [3.05, 3.63) is 65.2 Å². The van der Waals surface area contributed by atoms with Gasteiger partial charge in [-0.25, -0.2) is 0 Å². The summed E-state index contributed by atoms with van der Waals surface area (Å²) in [5, 5.41) is 13.8. The van der Waals surface area contributed by atoms with Gasteiger partial charge in [0.05, 0.1) is 5.56 Å². The van der Waals surface area contributed by atoms with Crippen molar-refractivity contribution >= 4 is 11.6 Å². The number of carbonyl (C=O) groups excluding carboxylic acids is 2. The third-order valence-corrected chi connectivity index (χ3v) is 3.59. The standard InChI is InChI=1S/C16H8N2O4/c19-10-3-1-2-9-11(10)15(21)12-13(8-4-6-17-7-5-8)18-22-16(12)14(9)20/h1-7,19H. The molecule has 2 heterocycles. The summed E-state index contributed by atoms with van der Waals surface area (Å²) in [7, 11) is 0. The number of aromatic hydroxyl groups is 1. The SMILES string of the molecule is O=C1c2cccc(O)c2C(=O)c2c(-c3ccncc3)noc21. The van der Waals surface area contributed by atoms with Gasteiger partial charge in [-0.05, 0) is 24.3 Å². The van der Waals surface area contributed by atoms with Crippen LogP contribution in [0.1, 0.15) is 32.0 Å². The lowest BCUT2D eigenvalue weighted by Crippen LogP contribution is -2.19. The van der Waals surface area contributed by atoms with Gasteiger partial charge in [0, 0.05) is 23.5 Å². The quantitative estimate of drug-likeness (QED) is 0.578. The molecule has 0 saturated heterocycles. The Labute approximate surface area is 124 Å². The zero-order chi connectivity index (χ0) is 15.3. The van der Waals surface area contributed by atoms with E-state index in [0.29, 0.717) is 5.56 Å². The van der Waals surface area contributed by atoms with E-state index in [2.05, 4.69) is 10.1 Å². The van der Waals surface area contributed by atoms with Gasteiger partial charge in [0.2, 0.25) is 17.3 Å². The highest BCUT2D eigenvalue weighted by Gasteiger charge is 2.38. The van der Waals surface area contributed by atoms with Crippen molar-refractivity contribution in [3.8, 4) is 17.0 Å². The van der Waals surface area contributed by atoms with Gasteiger partial charge in [0.15, 0.2) is 0 Å². The summed E-state index contributed by atoms with van der Waals surface area (Å²) in [6.07, 6.45) is 3.11. The molecule has 0 bridgehead atoms. The molecule has 0 aliphatic heterocycles. The number of ketones is 2. The van der Waals surface area contributed by atoms with E-state index < -0.39 is 11.6 Å². The highest BCUT2D eigenvalue weighted by molar-refractivity contribution is 6.29. The lowest BCUT2D eigenvalue weighted by Gasteiger charge is -2.14. The monoisotopic (exact) mass is 292 g/mol. The molecule has 0 amide bonds. The fourth-order valence-electron chi connectivity index (χ4n) is 2.58. The Morgan fingerprint density at radius 1 is 0.955 bits per heavy atom. The van der Waals surface area contributed by atoms with Crippen molar-refractivity contribution in [2.75, 3.05) is 0 Å². The van der Waals surface area contributed by atoms with Gasteiger partial charge in [0.1, 0.15) is 17.0 Å². The van der Waals surface area contributed by atoms with Crippen LogP contribution in [-0.2, 0) is 0 Å². The van der Waals surface area contributed by atoms with E-state index in [9.17, 15) is 14.7 Å². The lowest BCUT2D eigenvalue weighted by molar-refractivity contribution is 0.0953. The van der Waals surface area contributed by atoms with E-state index in [1.54, 1.807) is 24.5 Å². The second-order valence-corrected chi connectivity index (χ2v) is 4.83. The van der Waals surface area contributed by atoms with Crippen LogP contribution in [0.4, 0.5) is 0 Å². The van der Waals surface area contributed by atoms with Crippen LogP contribution in [0.5, 0.6) is 5.75 Å². The summed E-state index contributed by atoms with van der Waals surface area (Å²) >= 11 is 0. The number of rotatable bonds is 1. The molecule has 0 spiro atoms. The molecular weight excluding hydrogens is 284 g/mol. The Morgan fingerprint density at radius 3 is 2.50 bits per heavy atom. The predicted octanol–water partition coefficient (Wildman–Crippen LogP) is 2.22. The molecule has 0 saturated carbocycles. The smallest absolute Gasteiger partial charge is 0.232 e.